The minimum absolute atomic E-state index is 0.270. The van der Waals surface area contributed by atoms with E-state index in [2.05, 4.69) is 5.10 Å². The number of carbonyl (C=O) groups excluding carboxylic acids is 1. The Kier molecular flexibility index (Phi) is 2.25. The summed E-state index contributed by atoms with van der Waals surface area (Å²) in [5.41, 5.74) is 1.85. The van der Waals surface area contributed by atoms with Crippen molar-refractivity contribution in [1.82, 2.24) is 9.78 Å². The fourth-order valence-corrected chi connectivity index (χ4v) is 1.62. The van der Waals surface area contributed by atoms with Crippen molar-refractivity contribution >= 4 is 27.7 Å². The first-order valence-electron chi connectivity index (χ1n) is 4.26. The van der Waals surface area contributed by atoms with Crippen LogP contribution < -0.4 is 0 Å². The van der Waals surface area contributed by atoms with Crippen LogP contribution in [0, 0.1) is 0 Å². The lowest BCUT2D eigenvalue weighted by Crippen LogP contribution is -1.92. The van der Waals surface area contributed by atoms with E-state index in [-0.39, 0.29) is 11.7 Å². The lowest BCUT2D eigenvalue weighted by Gasteiger charge is -1.95. The molecule has 0 aliphatic carbocycles. The van der Waals surface area contributed by atoms with Crippen LogP contribution in [0.25, 0.3) is 10.9 Å². The molecule has 4 heteroatoms. The summed E-state index contributed by atoms with van der Waals surface area (Å²) in [6.07, 6.45) is 2.18. The summed E-state index contributed by atoms with van der Waals surface area (Å²) >= 11 is 5.31. The molecule has 0 atom stereocenters. The molecule has 2 aromatic rings. The Hall–Kier alpha value is -1.35. The zero-order valence-corrected chi connectivity index (χ0v) is 8.45. The SMILES string of the molecule is Cn1cc2cc(CC(=O)Cl)ccc2n1. The van der Waals surface area contributed by atoms with Crippen LogP contribution in [0.3, 0.4) is 0 Å². The fraction of sp³-hybridized carbons (Fsp3) is 0.200. The van der Waals surface area contributed by atoms with Crippen LogP contribution in [0.15, 0.2) is 24.4 Å². The van der Waals surface area contributed by atoms with Gasteiger partial charge in [0.1, 0.15) is 0 Å². The normalized spacial score (nSPS) is 10.7. The summed E-state index contributed by atoms with van der Waals surface area (Å²) in [6.45, 7) is 0. The fourth-order valence-electron chi connectivity index (χ4n) is 1.47. The van der Waals surface area contributed by atoms with Gasteiger partial charge in [-0.25, -0.2) is 0 Å². The Morgan fingerprint density at radius 1 is 1.57 bits per heavy atom. The third-order valence-electron chi connectivity index (χ3n) is 2.03. The van der Waals surface area contributed by atoms with Gasteiger partial charge in [0.05, 0.1) is 5.52 Å². The summed E-state index contributed by atoms with van der Waals surface area (Å²) in [5, 5.41) is 4.92. The summed E-state index contributed by atoms with van der Waals surface area (Å²) in [7, 11) is 1.87. The van der Waals surface area contributed by atoms with Crippen molar-refractivity contribution < 1.29 is 4.79 Å². The smallest absolute Gasteiger partial charge is 0.226 e. The van der Waals surface area contributed by atoms with E-state index in [4.69, 9.17) is 11.6 Å². The summed E-state index contributed by atoms with van der Waals surface area (Å²) in [4.78, 5) is 10.7. The van der Waals surface area contributed by atoms with Crippen LogP contribution in [0.4, 0.5) is 0 Å². The molecule has 0 aliphatic rings. The minimum atomic E-state index is -0.340. The van der Waals surface area contributed by atoms with Gasteiger partial charge in [-0.2, -0.15) is 5.10 Å². The highest BCUT2D eigenvalue weighted by Gasteiger charge is 2.02. The molecule has 1 aromatic carbocycles. The maximum absolute atomic E-state index is 10.7. The molecule has 0 bridgehead atoms. The van der Waals surface area contributed by atoms with Crippen molar-refractivity contribution in [2.75, 3.05) is 0 Å². The summed E-state index contributed by atoms with van der Waals surface area (Å²) in [6, 6.07) is 5.70. The minimum Gasteiger partial charge on any atom is -0.281 e. The Labute approximate surface area is 86.3 Å². The van der Waals surface area contributed by atoms with E-state index in [9.17, 15) is 4.79 Å². The Morgan fingerprint density at radius 2 is 2.36 bits per heavy atom. The van der Waals surface area contributed by atoms with Crippen molar-refractivity contribution in [1.29, 1.82) is 0 Å². The highest BCUT2D eigenvalue weighted by atomic mass is 35.5. The number of aromatic nitrogens is 2. The summed E-state index contributed by atoms with van der Waals surface area (Å²) < 4.78 is 1.75. The lowest BCUT2D eigenvalue weighted by atomic mass is 10.1. The molecule has 0 saturated heterocycles. The molecular weight excluding hydrogens is 200 g/mol. The van der Waals surface area contributed by atoms with Crippen LogP contribution in [0.5, 0.6) is 0 Å². The highest BCUT2D eigenvalue weighted by molar-refractivity contribution is 6.63. The zero-order chi connectivity index (χ0) is 10.1. The van der Waals surface area contributed by atoms with Gasteiger partial charge in [-0.3, -0.25) is 9.48 Å². The predicted molar refractivity (Wildman–Crippen MR) is 55.3 cm³/mol. The molecule has 72 valence electrons. The van der Waals surface area contributed by atoms with Crippen molar-refractivity contribution in [2.45, 2.75) is 6.42 Å². The van der Waals surface area contributed by atoms with E-state index in [0.717, 1.165) is 16.5 Å². The molecule has 0 spiro atoms. The summed E-state index contributed by atoms with van der Waals surface area (Å²) in [5.74, 6) is 0. The van der Waals surface area contributed by atoms with E-state index in [1.165, 1.54) is 0 Å². The molecule has 0 fully saturated rings. The molecule has 0 aliphatic heterocycles. The molecule has 0 amide bonds. The number of hydrogen-bond acceptors (Lipinski definition) is 2. The molecule has 0 unspecified atom stereocenters. The number of nitrogens with zero attached hydrogens (tertiary/aromatic N) is 2. The first-order valence-corrected chi connectivity index (χ1v) is 4.63. The van der Waals surface area contributed by atoms with Gasteiger partial charge in [0.2, 0.25) is 5.24 Å². The molecule has 1 heterocycles. The topological polar surface area (TPSA) is 34.9 Å². The molecule has 1 aromatic heterocycles. The largest absolute Gasteiger partial charge is 0.281 e. The Bertz CT molecular complexity index is 490. The quantitative estimate of drug-likeness (QED) is 0.707. The standard InChI is InChI=1S/C10H9ClN2O/c1-13-6-8-4-7(5-10(11)14)2-3-9(8)12-13/h2-4,6H,5H2,1H3. The van der Waals surface area contributed by atoms with Gasteiger partial charge in [0.15, 0.2) is 0 Å². The second kappa shape index (κ2) is 3.42. The van der Waals surface area contributed by atoms with E-state index in [1.54, 1.807) is 4.68 Å². The Morgan fingerprint density at radius 3 is 3.07 bits per heavy atom. The first kappa shape index (κ1) is 9.21. The van der Waals surface area contributed by atoms with Crippen molar-refractivity contribution in [2.24, 2.45) is 7.05 Å². The van der Waals surface area contributed by atoms with E-state index in [1.807, 2.05) is 31.4 Å². The molecule has 0 N–H and O–H groups in total. The van der Waals surface area contributed by atoms with Crippen LogP contribution in [0.1, 0.15) is 5.56 Å². The molecule has 14 heavy (non-hydrogen) atoms. The van der Waals surface area contributed by atoms with E-state index in [0.29, 0.717) is 0 Å². The first-order chi connectivity index (χ1) is 6.65. The van der Waals surface area contributed by atoms with Crippen molar-refractivity contribution in [3.63, 3.8) is 0 Å². The maximum Gasteiger partial charge on any atom is 0.226 e. The van der Waals surface area contributed by atoms with Gasteiger partial charge < -0.3 is 0 Å². The van der Waals surface area contributed by atoms with Crippen molar-refractivity contribution in [3.8, 4) is 0 Å². The molecular formula is C10H9ClN2O. The van der Waals surface area contributed by atoms with Crippen LogP contribution in [-0.2, 0) is 18.3 Å². The second-order valence-corrected chi connectivity index (χ2v) is 3.65. The number of benzene rings is 1. The number of hydrogen-bond donors (Lipinski definition) is 0. The van der Waals surface area contributed by atoms with E-state index < -0.39 is 0 Å². The third kappa shape index (κ3) is 1.77. The van der Waals surface area contributed by atoms with Gasteiger partial charge in [-0.15, -0.1) is 0 Å². The highest BCUT2D eigenvalue weighted by Crippen LogP contribution is 2.14. The van der Waals surface area contributed by atoms with Crippen LogP contribution >= 0.6 is 11.6 Å². The predicted octanol–water partition coefficient (Wildman–Crippen LogP) is 1.88. The molecule has 0 saturated carbocycles. The average Bonchev–Trinajstić information content (AvgIpc) is 2.42. The number of aryl methyl sites for hydroxylation is 1. The number of halogens is 1. The molecule has 2 rings (SSSR count). The number of carbonyl (C=O) groups is 1. The van der Waals surface area contributed by atoms with Gasteiger partial charge in [0.25, 0.3) is 0 Å². The zero-order valence-electron chi connectivity index (χ0n) is 7.70. The Balaban J connectivity index is 2.45. The lowest BCUT2D eigenvalue weighted by molar-refractivity contribution is -0.111. The van der Waals surface area contributed by atoms with Crippen LogP contribution in [0.2, 0.25) is 0 Å². The van der Waals surface area contributed by atoms with Gasteiger partial charge in [-0.1, -0.05) is 6.07 Å². The maximum atomic E-state index is 10.7. The number of rotatable bonds is 2. The second-order valence-electron chi connectivity index (χ2n) is 3.23. The van der Waals surface area contributed by atoms with Crippen LogP contribution in [-0.4, -0.2) is 15.0 Å². The third-order valence-corrected chi connectivity index (χ3v) is 2.16. The monoisotopic (exact) mass is 208 g/mol. The number of fused-ring (bicyclic) bond motifs is 1. The molecule has 0 radical (unpaired) electrons. The average molecular weight is 209 g/mol. The van der Waals surface area contributed by atoms with Gasteiger partial charge >= 0.3 is 0 Å². The van der Waals surface area contributed by atoms with Gasteiger partial charge in [-0.05, 0) is 29.3 Å². The van der Waals surface area contributed by atoms with E-state index >= 15 is 0 Å². The van der Waals surface area contributed by atoms with Gasteiger partial charge in [0, 0.05) is 25.1 Å². The van der Waals surface area contributed by atoms with Crippen molar-refractivity contribution in [3.05, 3.63) is 30.0 Å². The molecule has 3 nitrogen and oxygen atoms in total.